The maximum atomic E-state index is 9.97. The molecule has 122 valence electrons. The fourth-order valence-corrected chi connectivity index (χ4v) is 2.70. The number of para-hydroxylation sites is 2. The van der Waals surface area contributed by atoms with Crippen LogP contribution in [0.25, 0.3) is 0 Å². The van der Waals surface area contributed by atoms with Gasteiger partial charge in [0.25, 0.3) is 0 Å². The van der Waals surface area contributed by atoms with E-state index in [1.54, 1.807) is 0 Å². The quantitative estimate of drug-likeness (QED) is 0.824. The molecule has 0 fully saturated rings. The zero-order valence-electron chi connectivity index (χ0n) is 13.2. The molecule has 4 heteroatoms. The number of hydrogen-bond donors (Lipinski definition) is 2. The average molecular weight is 313 g/mol. The Balaban J connectivity index is 1.35. The lowest BCUT2D eigenvalue weighted by Gasteiger charge is -2.26. The number of fused-ring (bicyclic) bond motifs is 1. The first-order chi connectivity index (χ1) is 11.3. The third-order valence-electron chi connectivity index (χ3n) is 3.94. The summed E-state index contributed by atoms with van der Waals surface area (Å²) < 4.78 is 11.5. The van der Waals surface area contributed by atoms with Gasteiger partial charge in [-0.25, -0.2) is 0 Å². The van der Waals surface area contributed by atoms with Crippen molar-refractivity contribution in [3.63, 3.8) is 0 Å². The van der Waals surface area contributed by atoms with Crippen LogP contribution in [0, 0.1) is 0 Å². The second-order valence-corrected chi connectivity index (χ2v) is 5.82. The highest BCUT2D eigenvalue weighted by molar-refractivity contribution is 5.35. The fourth-order valence-electron chi connectivity index (χ4n) is 2.70. The Morgan fingerprint density at radius 3 is 2.78 bits per heavy atom. The second kappa shape index (κ2) is 7.99. The van der Waals surface area contributed by atoms with Gasteiger partial charge in [0.15, 0.2) is 0 Å². The van der Waals surface area contributed by atoms with E-state index in [-0.39, 0.29) is 12.7 Å². The predicted molar refractivity (Wildman–Crippen MR) is 90.0 cm³/mol. The molecule has 23 heavy (non-hydrogen) atoms. The van der Waals surface area contributed by atoms with Gasteiger partial charge in [-0.3, -0.25) is 0 Å². The van der Waals surface area contributed by atoms with E-state index >= 15 is 0 Å². The highest BCUT2D eigenvalue weighted by atomic mass is 16.5. The number of ether oxygens (including phenoxy) is 2. The Morgan fingerprint density at radius 1 is 1.13 bits per heavy atom. The molecular formula is C19H23NO3. The molecule has 2 aromatic rings. The summed E-state index contributed by atoms with van der Waals surface area (Å²) in [6.07, 6.45) is 1.67. The molecule has 0 aliphatic carbocycles. The van der Waals surface area contributed by atoms with Crippen LogP contribution in [0.1, 0.15) is 12.0 Å². The molecule has 0 radical (unpaired) electrons. The van der Waals surface area contributed by atoms with Gasteiger partial charge in [-0.15, -0.1) is 0 Å². The molecule has 1 heterocycles. The Labute approximate surface area is 137 Å². The monoisotopic (exact) mass is 313 g/mol. The predicted octanol–water partition coefficient (Wildman–Crippen LogP) is 2.41. The van der Waals surface area contributed by atoms with Gasteiger partial charge in [-0.05, 0) is 36.6 Å². The van der Waals surface area contributed by atoms with E-state index in [2.05, 4.69) is 11.4 Å². The van der Waals surface area contributed by atoms with E-state index in [0.717, 1.165) is 30.9 Å². The standard InChI is InChI=1S/C19H23NO3/c21-16(14-22-17-7-2-1-3-8-17)12-20-13-18-11-10-15-6-4-5-9-19(15)23-18/h1-9,16,18,20-21H,10-14H2. The van der Waals surface area contributed by atoms with Crippen molar-refractivity contribution in [2.75, 3.05) is 19.7 Å². The van der Waals surface area contributed by atoms with Crippen LogP contribution in [-0.4, -0.2) is 37.0 Å². The van der Waals surface area contributed by atoms with Gasteiger partial charge in [0, 0.05) is 13.1 Å². The topological polar surface area (TPSA) is 50.7 Å². The smallest absolute Gasteiger partial charge is 0.122 e. The van der Waals surface area contributed by atoms with Crippen LogP contribution in [0.2, 0.25) is 0 Å². The molecule has 0 aromatic heterocycles. The van der Waals surface area contributed by atoms with Crippen molar-refractivity contribution >= 4 is 0 Å². The minimum absolute atomic E-state index is 0.159. The summed E-state index contributed by atoms with van der Waals surface area (Å²) in [5.41, 5.74) is 1.28. The third-order valence-corrected chi connectivity index (χ3v) is 3.94. The van der Waals surface area contributed by atoms with Gasteiger partial charge in [0.05, 0.1) is 0 Å². The summed E-state index contributed by atoms with van der Waals surface area (Å²) in [5, 5.41) is 13.2. The van der Waals surface area contributed by atoms with Gasteiger partial charge >= 0.3 is 0 Å². The van der Waals surface area contributed by atoms with Crippen molar-refractivity contribution in [2.45, 2.75) is 25.0 Å². The maximum Gasteiger partial charge on any atom is 0.122 e. The van der Waals surface area contributed by atoms with Gasteiger partial charge in [-0.1, -0.05) is 36.4 Å². The largest absolute Gasteiger partial charge is 0.491 e. The van der Waals surface area contributed by atoms with Crippen molar-refractivity contribution in [1.29, 1.82) is 0 Å². The van der Waals surface area contributed by atoms with Crippen molar-refractivity contribution < 1.29 is 14.6 Å². The van der Waals surface area contributed by atoms with Gasteiger partial charge in [-0.2, -0.15) is 0 Å². The van der Waals surface area contributed by atoms with E-state index in [1.807, 2.05) is 48.5 Å². The van der Waals surface area contributed by atoms with E-state index in [0.29, 0.717) is 6.54 Å². The maximum absolute atomic E-state index is 9.97. The molecule has 2 atom stereocenters. The van der Waals surface area contributed by atoms with Crippen molar-refractivity contribution in [1.82, 2.24) is 5.32 Å². The Hall–Kier alpha value is -2.04. The summed E-state index contributed by atoms with van der Waals surface area (Å²) in [6.45, 7) is 1.51. The zero-order chi connectivity index (χ0) is 15.9. The van der Waals surface area contributed by atoms with E-state index in [9.17, 15) is 5.11 Å². The summed E-state index contributed by atoms with van der Waals surface area (Å²) in [4.78, 5) is 0. The Morgan fingerprint density at radius 2 is 1.91 bits per heavy atom. The number of aliphatic hydroxyl groups excluding tert-OH is 1. The zero-order valence-corrected chi connectivity index (χ0v) is 13.2. The lowest BCUT2D eigenvalue weighted by atomic mass is 10.0. The van der Waals surface area contributed by atoms with Crippen molar-refractivity contribution in [3.8, 4) is 11.5 Å². The minimum Gasteiger partial charge on any atom is -0.491 e. The van der Waals surface area contributed by atoms with Crippen LogP contribution in [0.5, 0.6) is 11.5 Å². The molecule has 0 amide bonds. The number of hydrogen-bond acceptors (Lipinski definition) is 4. The molecule has 0 saturated heterocycles. The van der Waals surface area contributed by atoms with Crippen LogP contribution in [0.3, 0.4) is 0 Å². The van der Waals surface area contributed by atoms with Crippen LogP contribution >= 0.6 is 0 Å². The lowest BCUT2D eigenvalue weighted by Crippen LogP contribution is -2.39. The average Bonchev–Trinajstić information content (AvgIpc) is 2.61. The molecule has 2 N–H and O–H groups in total. The molecule has 2 unspecified atom stereocenters. The summed E-state index contributed by atoms with van der Waals surface area (Å²) in [6, 6.07) is 17.7. The number of aliphatic hydroxyl groups is 1. The van der Waals surface area contributed by atoms with Crippen LogP contribution in [-0.2, 0) is 6.42 Å². The third kappa shape index (κ3) is 4.71. The summed E-state index contributed by atoms with van der Waals surface area (Å²) in [7, 11) is 0. The first kappa shape index (κ1) is 15.8. The fraction of sp³-hybridized carbons (Fsp3) is 0.368. The van der Waals surface area contributed by atoms with E-state index < -0.39 is 6.10 Å². The van der Waals surface area contributed by atoms with E-state index in [1.165, 1.54) is 5.56 Å². The highest BCUT2D eigenvalue weighted by Crippen LogP contribution is 2.26. The Bertz CT molecular complexity index is 603. The van der Waals surface area contributed by atoms with Gasteiger partial charge in [0.2, 0.25) is 0 Å². The number of rotatable bonds is 7. The van der Waals surface area contributed by atoms with Crippen LogP contribution < -0.4 is 14.8 Å². The molecular weight excluding hydrogens is 290 g/mol. The molecule has 0 bridgehead atoms. The van der Waals surface area contributed by atoms with Crippen molar-refractivity contribution in [3.05, 3.63) is 60.2 Å². The molecule has 3 rings (SSSR count). The van der Waals surface area contributed by atoms with Gasteiger partial charge < -0.3 is 19.9 Å². The lowest BCUT2D eigenvalue weighted by molar-refractivity contribution is 0.0998. The molecule has 4 nitrogen and oxygen atoms in total. The second-order valence-electron chi connectivity index (χ2n) is 5.82. The van der Waals surface area contributed by atoms with Crippen molar-refractivity contribution in [2.24, 2.45) is 0 Å². The Kier molecular flexibility index (Phi) is 5.51. The van der Waals surface area contributed by atoms with Crippen LogP contribution in [0.4, 0.5) is 0 Å². The molecule has 1 aliphatic heterocycles. The number of aryl methyl sites for hydroxylation is 1. The normalized spacial score (nSPS) is 17.9. The summed E-state index contributed by atoms with van der Waals surface area (Å²) in [5.74, 6) is 1.76. The first-order valence-electron chi connectivity index (χ1n) is 8.12. The minimum atomic E-state index is -0.536. The molecule has 1 aliphatic rings. The number of benzene rings is 2. The number of nitrogens with one attached hydrogen (secondary N) is 1. The first-order valence-corrected chi connectivity index (χ1v) is 8.12. The molecule has 2 aromatic carbocycles. The highest BCUT2D eigenvalue weighted by Gasteiger charge is 2.19. The summed E-state index contributed by atoms with van der Waals surface area (Å²) >= 11 is 0. The van der Waals surface area contributed by atoms with Gasteiger partial charge in [0.1, 0.15) is 30.3 Å². The molecule has 0 spiro atoms. The van der Waals surface area contributed by atoms with Crippen LogP contribution in [0.15, 0.2) is 54.6 Å². The van der Waals surface area contributed by atoms with E-state index in [4.69, 9.17) is 9.47 Å². The SMILES string of the molecule is OC(CNCC1CCc2ccccc2O1)COc1ccccc1. The molecule has 0 saturated carbocycles.